The zero-order valence-corrected chi connectivity index (χ0v) is 32.8. The van der Waals surface area contributed by atoms with Crippen molar-refractivity contribution in [3.8, 4) is 22.3 Å². The van der Waals surface area contributed by atoms with Gasteiger partial charge in [-0.1, -0.05) is 157 Å². The maximum Gasteiger partial charge on any atom is 0.143 e. The highest BCUT2D eigenvalue weighted by Crippen LogP contribution is 2.64. The molecule has 2 nitrogen and oxygen atoms in total. The fourth-order valence-corrected chi connectivity index (χ4v) is 7.67. The first-order valence-corrected chi connectivity index (χ1v) is 19.2. The Labute approximate surface area is 308 Å². The number of benzene rings is 4. The molecule has 0 aliphatic heterocycles. The monoisotopic (exact) mass is 677 g/mol. The first-order valence-electron chi connectivity index (χ1n) is 19.2. The second-order valence-electron chi connectivity index (χ2n) is 12.7. The van der Waals surface area contributed by atoms with E-state index >= 15 is 0 Å². The van der Waals surface area contributed by atoms with Gasteiger partial charge in [0.2, 0.25) is 0 Å². The van der Waals surface area contributed by atoms with Crippen molar-refractivity contribution in [2.24, 2.45) is 5.73 Å². The van der Waals surface area contributed by atoms with E-state index in [4.69, 9.17) is 10.2 Å². The summed E-state index contributed by atoms with van der Waals surface area (Å²) >= 11 is 0. The molecule has 266 valence electrons. The minimum Gasteiger partial charge on any atom is -0.460 e. The van der Waals surface area contributed by atoms with Crippen molar-refractivity contribution in [1.29, 1.82) is 0 Å². The van der Waals surface area contributed by atoms with E-state index in [1.54, 1.807) is 6.08 Å². The van der Waals surface area contributed by atoms with Crippen LogP contribution >= 0.6 is 0 Å². The third-order valence-electron chi connectivity index (χ3n) is 9.80. The number of fused-ring (bicyclic) bond motifs is 12. The summed E-state index contributed by atoms with van der Waals surface area (Å²) in [5.74, 6) is 1.06. The molecule has 0 saturated heterocycles. The summed E-state index contributed by atoms with van der Waals surface area (Å²) in [6.07, 6.45) is 18.3. The summed E-state index contributed by atoms with van der Waals surface area (Å²) in [6.45, 7) is 21.0. The summed E-state index contributed by atoms with van der Waals surface area (Å²) in [7, 11) is 0. The number of aryl methyl sites for hydroxylation is 2. The largest absolute Gasteiger partial charge is 0.460 e. The van der Waals surface area contributed by atoms with Crippen molar-refractivity contribution < 1.29 is 4.42 Å². The lowest BCUT2D eigenvalue weighted by atomic mass is 9.70. The number of hydrogen-bond donors (Lipinski definition) is 1. The van der Waals surface area contributed by atoms with Crippen LogP contribution in [0.2, 0.25) is 0 Å². The fraction of sp³-hybridized carbons (Fsp3) is 0.306. The highest BCUT2D eigenvalue weighted by molar-refractivity contribution is 6.06. The molecule has 0 saturated carbocycles. The number of hydrogen-bond acceptors (Lipinski definition) is 2. The first-order chi connectivity index (χ1) is 25.0. The molecular weight excluding hydrogens is 619 g/mol. The third kappa shape index (κ3) is 6.94. The second kappa shape index (κ2) is 17.9. The lowest BCUT2D eigenvalue weighted by Gasteiger charge is -2.31. The maximum absolute atomic E-state index is 6.76. The van der Waals surface area contributed by atoms with Crippen LogP contribution in [0.5, 0.6) is 0 Å². The highest BCUT2D eigenvalue weighted by Gasteiger charge is 2.52. The van der Waals surface area contributed by atoms with Crippen molar-refractivity contribution in [3.63, 3.8) is 0 Å². The lowest BCUT2D eigenvalue weighted by Crippen LogP contribution is -2.26. The van der Waals surface area contributed by atoms with Crippen LogP contribution < -0.4 is 5.73 Å². The van der Waals surface area contributed by atoms with E-state index in [1.165, 1.54) is 91.2 Å². The molecular formula is C49H59NO. The SMILES string of the molecule is C/C=C\C=C/N.C/C=C\c1c(CC)oc2c3c(ccc12)C1(c2cc(C)ccc2-c2ccc(/C(C)=C/CCCC)cc21)c1ccccc1-3.CC.CC. The standard InChI is InChI=1S/C40H38O.C5H9N.2C2H6/c1-6-9-10-14-26(5)27-18-20-29-28-19-17-25(4)23-35(28)40(36(29)24-27)33-16-12-11-15-32(33)38-34(40)22-21-31-30(13-7-2)37(8-3)41-39(31)38;1-2-3-4-5-6;2*1-2/h7,11-24H,6,8-10H2,1-5H3;2-5H,6H2,1H3;2*1-2H3/b13-7-,26-14+;3-2-,5-4-;;. The molecule has 2 heteroatoms. The topological polar surface area (TPSA) is 39.2 Å². The van der Waals surface area contributed by atoms with Crippen LogP contribution in [-0.4, -0.2) is 0 Å². The van der Waals surface area contributed by atoms with Crippen LogP contribution in [-0.2, 0) is 11.8 Å². The molecule has 1 unspecified atom stereocenters. The van der Waals surface area contributed by atoms with Crippen LogP contribution in [0.4, 0.5) is 0 Å². The molecule has 51 heavy (non-hydrogen) atoms. The van der Waals surface area contributed by atoms with Crippen molar-refractivity contribution in [1.82, 2.24) is 0 Å². The molecule has 1 aromatic heterocycles. The Morgan fingerprint density at radius 3 is 2.12 bits per heavy atom. The summed E-state index contributed by atoms with van der Waals surface area (Å²) in [5, 5.41) is 1.21. The predicted molar refractivity (Wildman–Crippen MR) is 225 cm³/mol. The van der Waals surface area contributed by atoms with Gasteiger partial charge >= 0.3 is 0 Å². The van der Waals surface area contributed by atoms with Crippen molar-refractivity contribution in [2.75, 3.05) is 0 Å². The fourth-order valence-electron chi connectivity index (χ4n) is 7.67. The molecule has 1 spiro atoms. The van der Waals surface area contributed by atoms with Crippen molar-refractivity contribution >= 4 is 22.6 Å². The van der Waals surface area contributed by atoms with Gasteiger partial charge in [-0.15, -0.1) is 0 Å². The van der Waals surface area contributed by atoms with E-state index in [9.17, 15) is 0 Å². The first kappa shape index (κ1) is 39.0. The Kier molecular flexibility index (Phi) is 13.7. The van der Waals surface area contributed by atoms with Gasteiger partial charge in [0, 0.05) is 22.9 Å². The average molecular weight is 678 g/mol. The molecule has 2 aliphatic rings. The van der Waals surface area contributed by atoms with E-state index < -0.39 is 0 Å². The van der Waals surface area contributed by atoms with Crippen LogP contribution in [0.25, 0.3) is 44.9 Å². The van der Waals surface area contributed by atoms with Gasteiger partial charge in [0.05, 0.1) is 5.41 Å². The zero-order chi connectivity index (χ0) is 37.1. The van der Waals surface area contributed by atoms with E-state index in [2.05, 4.69) is 126 Å². The van der Waals surface area contributed by atoms with Gasteiger partial charge in [0.15, 0.2) is 0 Å². The molecule has 1 heterocycles. The zero-order valence-electron chi connectivity index (χ0n) is 32.8. The number of unbranched alkanes of at least 4 members (excludes halogenated alkanes) is 2. The molecule has 2 N–H and O–H groups in total. The van der Waals surface area contributed by atoms with Gasteiger partial charge in [-0.25, -0.2) is 0 Å². The lowest BCUT2D eigenvalue weighted by molar-refractivity contribution is 0.556. The van der Waals surface area contributed by atoms with E-state index in [0.717, 1.165) is 24.2 Å². The van der Waals surface area contributed by atoms with Crippen LogP contribution in [0.3, 0.4) is 0 Å². The summed E-state index contributed by atoms with van der Waals surface area (Å²) in [6, 6.07) is 28.0. The Morgan fingerprint density at radius 1 is 0.765 bits per heavy atom. The van der Waals surface area contributed by atoms with E-state index in [-0.39, 0.29) is 5.41 Å². The summed E-state index contributed by atoms with van der Waals surface area (Å²) in [5.41, 5.74) is 21.5. The number of allylic oxidation sites excluding steroid dienone is 6. The van der Waals surface area contributed by atoms with Gasteiger partial charge in [0.25, 0.3) is 0 Å². The van der Waals surface area contributed by atoms with Gasteiger partial charge in [0.1, 0.15) is 11.3 Å². The molecule has 0 amide bonds. The number of rotatable bonds is 7. The minimum absolute atomic E-state index is 0.379. The van der Waals surface area contributed by atoms with Crippen LogP contribution in [0.1, 0.15) is 126 Å². The Hall–Kier alpha value is -4.82. The van der Waals surface area contributed by atoms with E-state index in [1.807, 2.05) is 46.8 Å². The number of nitrogens with two attached hydrogens (primary N) is 1. The maximum atomic E-state index is 6.76. The van der Waals surface area contributed by atoms with Crippen LogP contribution in [0.15, 0.2) is 114 Å². The third-order valence-corrected chi connectivity index (χ3v) is 9.80. The number of furan rings is 1. The molecule has 0 fully saturated rings. The molecule has 0 radical (unpaired) electrons. The molecule has 1 atom stereocenters. The van der Waals surface area contributed by atoms with Gasteiger partial charge < -0.3 is 10.2 Å². The quantitative estimate of drug-likeness (QED) is 0.135. The summed E-state index contributed by atoms with van der Waals surface area (Å²) < 4.78 is 6.76. The molecule has 0 bridgehead atoms. The molecule has 4 aromatic carbocycles. The summed E-state index contributed by atoms with van der Waals surface area (Å²) in [4.78, 5) is 0. The van der Waals surface area contributed by atoms with Gasteiger partial charge in [-0.3, -0.25) is 0 Å². The Balaban J connectivity index is 0.000000524. The Bertz CT molecular complexity index is 2050. The predicted octanol–water partition coefficient (Wildman–Crippen LogP) is 14.4. The minimum atomic E-state index is -0.379. The van der Waals surface area contributed by atoms with Gasteiger partial charge in [-0.2, -0.15) is 0 Å². The smallest absolute Gasteiger partial charge is 0.143 e. The van der Waals surface area contributed by atoms with E-state index in [0.29, 0.717) is 0 Å². The molecule has 2 aliphatic carbocycles. The normalized spacial score (nSPS) is 15.2. The molecule has 7 rings (SSSR count). The average Bonchev–Trinajstić information content (AvgIpc) is 3.79. The van der Waals surface area contributed by atoms with Gasteiger partial charge in [-0.05, 0) is 103 Å². The van der Waals surface area contributed by atoms with Crippen molar-refractivity contribution in [2.45, 2.75) is 100 Å². The van der Waals surface area contributed by atoms with Crippen LogP contribution in [0, 0.1) is 6.92 Å². The van der Waals surface area contributed by atoms with Crippen molar-refractivity contribution in [3.05, 3.63) is 154 Å². The second-order valence-corrected chi connectivity index (χ2v) is 12.7. The highest BCUT2D eigenvalue weighted by atomic mass is 16.3. The Morgan fingerprint density at radius 2 is 1.47 bits per heavy atom. The molecule has 5 aromatic rings.